The molecule has 2 aromatic heterocycles. The Balaban J connectivity index is 1.14. The molecular weight excluding hydrogens is 400 g/mol. The van der Waals surface area contributed by atoms with Crippen LogP contribution in [0.1, 0.15) is 31.2 Å². The number of anilines is 1. The van der Waals surface area contributed by atoms with Crippen molar-refractivity contribution in [3.8, 4) is 0 Å². The van der Waals surface area contributed by atoms with Crippen molar-refractivity contribution in [3.63, 3.8) is 0 Å². The van der Waals surface area contributed by atoms with Crippen molar-refractivity contribution < 1.29 is 4.79 Å². The van der Waals surface area contributed by atoms with Crippen LogP contribution in [0.25, 0.3) is 11.2 Å². The number of carbonyl (C=O) groups is 1. The van der Waals surface area contributed by atoms with Crippen LogP contribution in [0.4, 0.5) is 5.69 Å². The van der Waals surface area contributed by atoms with E-state index in [1.807, 2.05) is 12.3 Å². The van der Waals surface area contributed by atoms with Crippen molar-refractivity contribution in [3.05, 3.63) is 60.6 Å². The lowest BCUT2D eigenvalue weighted by Gasteiger charge is -2.36. The Kier molecular flexibility index (Phi) is 6.25. The molecule has 0 radical (unpaired) electrons. The molecule has 1 N–H and O–H groups in total. The third kappa shape index (κ3) is 4.88. The van der Waals surface area contributed by atoms with Gasteiger partial charge >= 0.3 is 0 Å². The maximum Gasteiger partial charge on any atom is 0.225 e. The smallest absolute Gasteiger partial charge is 0.225 e. The van der Waals surface area contributed by atoms with Crippen LogP contribution in [0.2, 0.25) is 0 Å². The van der Waals surface area contributed by atoms with Gasteiger partial charge < -0.3 is 10.2 Å². The summed E-state index contributed by atoms with van der Waals surface area (Å²) in [6.45, 7) is 4.71. The van der Waals surface area contributed by atoms with Crippen molar-refractivity contribution in [2.24, 2.45) is 5.92 Å². The molecule has 0 aliphatic carbocycles. The first-order valence-corrected chi connectivity index (χ1v) is 11.6. The van der Waals surface area contributed by atoms with E-state index < -0.39 is 0 Å². The highest BCUT2D eigenvalue weighted by Crippen LogP contribution is 2.25. The molecule has 0 saturated carbocycles. The van der Waals surface area contributed by atoms with E-state index in [2.05, 4.69) is 60.4 Å². The van der Waals surface area contributed by atoms with Gasteiger partial charge in [-0.1, -0.05) is 30.3 Å². The predicted octanol–water partition coefficient (Wildman–Crippen LogP) is 3.02. The fourth-order valence-corrected chi connectivity index (χ4v) is 4.84. The molecule has 0 bridgehead atoms. The fraction of sp³-hybridized carbons (Fsp3) is 0.440. The summed E-state index contributed by atoms with van der Waals surface area (Å²) in [5.41, 5.74) is 3.82. The molecule has 2 aliphatic heterocycles. The van der Waals surface area contributed by atoms with E-state index in [0.717, 1.165) is 69.6 Å². The molecule has 2 aliphatic rings. The minimum absolute atomic E-state index is 0.0173. The average Bonchev–Trinajstić information content (AvgIpc) is 2.85. The molecule has 0 unspecified atom stereocenters. The van der Waals surface area contributed by atoms with Crippen molar-refractivity contribution in [2.45, 2.75) is 38.3 Å². The third-order valence-electron chi connectivity index (χ3n) is 6.65. The van der Waals surface area contributed by atoms with Gasteiger partial charge in [0.2, 0.25) is 5.91 Å². The van der Waals surface area contributed by atoms with Crippen LogP contribution in [0.5, 0.6) is 0 Å². The highest BCUT2D eigenvalue weighted by molar-refractivity contribution is 5.80. The zero-order valence-electron chi connectivity index (χ0n) is 18.4. The molecule has 7 nitrogen and oxygen atoms in total. The standard InChI is InChI=1S/C25H30N6O/c32-25(29-21-8-13-30(14-9-21)17-19-5-2-1-3-6-19)20-7-4-12-31(18-20)22-15-23-24(28-16-22)27-11-10-26-23/h1-3,5-6,10-11,15-16,20-21H,4,7-9,12-14,17-18H2,(H,29,32)/t20-/m0/s1. The second-order valence-electron chi connectivity index (χ2n) is 8.92. The zero-order valence-corrected chi connectivity index (χ0v) is 18.4. The van der Waals surface area contributed by atoms with Crippen molar-refractivity contribution >= 4 is 22.8 Å². The summed E-state index contributed by atoms with van der Waals surface area (Å²) in [7, 11) is 0. The molecule has 5 rings (SSSR count). The fourth-order valence-electron chi connectivity index (χ4n) is 4.84. The van der Waals surface area contributed by atoms with Gasteiger partial charge in [-0.2, -0.15) is 0 Å². The molecule has 2 saturated heterocycles. The van der Waals surface area contributed by atoms with Gasteiger partial charge in [0, 0.05) is 51.2 Å². The SMILES string of the molecule is O=C(NC1CCN(Cc2ccccc2)CC1)[C@H]1CCCN(c2cnc3nccnc3c2)C1. The summed E-state index contributed by atoms with van der Waals surface area (Å²) >= 11 is 0. The van der Waals surface area contributed by atoms with E-state index in [0.29, 0.717) is 5.65 Å². The van der Waals surface area contributed by atoms with Crippen LogP contribution < -0.4 is 10.2 Å². The van der Waals surface area contributed by atoms with Crippen LogP contribution >= 0.6 is 0 Å². The number of hydrogen-bond donors (Lipinski definition) is 1. The number of rotatable bonds is 5. The van der Waals surface area contributed by atoms with Crippen molar-refractivity contribution in [1.82, 2.24) is 25.2 Å². The Morgan fingerprint density at radius 3 is 2.66 bits per heavy atom. The first-order valence-electron chi connectivity index (χ1n) is 11.6. The van der Waals surface area contributed by atoms with E-state index in [4.69, 9.17) is 0 Å². The summed E-state index contributed by atoms with van der Waals surface area (Å²) < 4.78 is 0. The quantitative estimate of drug-likeness (QED) is 0.671. The number of pyridine rings is 1. The third-order valence-corrected chi connectivity index (χ3v) is 6.65. The highest BCUT2D eigenvalue weighted by Gasteiger charge is 2.29. The van der Waals surface area contributed by atoms with E-state index in [9.17, 15) is 4.79 Å². The van der Waals surface area contributed by atoms with Crippen molar-refractivity contribution in [2.75, 3.05) is 31.1 Å². The predicted molar refractivity (Wildman–Crippen MR) is 125 cm³/mol. The van der Waals surface area contributed by atoms with E-state index in [1.54, 1.807) is 12.4 Å². The van der Waals surface area contributed by atoms with Crippen LogP contribution in [0.15, 0.2) is 55.0 Å². The molecule has 1 amide bonds. The van der Waals surface area contributed by atoms with Gasteiger partial charge in [0.25, 0.3) is 0 Å². The summed E-state index contributed by atoms with van der Waals surface area (Å²) in [6.07, 6.45) is 9.17. The number of benzene rings is 1. The van der Waals surface area contributed by atoms with Gasteiger partial charge in [-0.15, -0.1) is 0 Å². The van der Waals surface area contributed by atoms with Crippen LogP contribution in [0.3, 0.4) is 0 Å². The lowest BCUT2D eigenvalue weighted by Crippen LogP contribution is -2.49. The van der Waals surface area contributed by atoms with Gasteiger partial charge in [-0.25, -0.2) is 9.97 Å². The molecule has 166 valence electrons. The number of likely N-dealkylation sites (tertiary alicyclic amines) is 1. The second-order valence-corrected chi connectivity index (χ2v) is 8.92. The molecule has 4 heterocycles. The van der Waals surface area contributed by atoms with E-state index >= 15 is 0 Å². The molecule has 1 atom stereocenters. The van der Waals surface area contributed by atoms with Gasteiger partial charge in [0.05, 0.1) is 17.8 Å². The number of hydrogen-bond acceptors (Lipinski definition) is 6. The molecular formula is C25H30N6O. The first-order chi connectivity index (χ1) is 15.7. The normalized spacial score (nSPS) is 20.4. The number of aromatic nitrogens is 3. The topological polar surface area (TPSA) is 74.2 Å². The minimum Gasteiger partial charge on any atom is -0.369 e. The summed E-state index contributed by atoms with van der Waals surface area (Å²) in [5.74, 6) is 0.216. The monoisotopic (exact) mass is 430 g/mol. The van der Waals surface area contributed by atoms with Crippen molar-refractivity contribution in [1.29, 1.82) is 0 Å². The number of nitrogens with one attached hydrogen (secondary N) is 1. The Bertz CT molecular complexity index is 1050. The van der Waals surface area contributed by atoms with E-state index in [-0.39, 0.29) is 17.9 Å². The second kappa shape index (κ2) is 9.61. The van der Waals surface area contributed by atoms with Gasteiger partial charge in [0.15, 0.2) is 5.65 Å². The summed E-state index contributed by atoms with van der Waals surface area (Å²) in [5, 5.41) is 3.34. The molecule has 32 heavy (non-hydrogen) atoms. The first kappa shape index (κ1) is 20.8. The van der Waals surface area contributed by atoms with Crippen LogP contribution in [-0.2, 0) is 11.3 Å². The summed E-state index contributed by atoms with van der Waals surface area (Å²) in [6, 6.07) is 12.9. The van der Waals surface area contributed by atoms with Gasteiger partial charge in [-0.3, -0.25) is 14.7 Å². The zero-order chi connectivity index (χ0) is 21.8. The number of carbonyl (C=O) groups excluding carboxylic acids is 1. The Labute approximate surface area is 188 Å². The van der Waals surface area contributed by atoms with Gasteiger partial charge in [-0.05, 0) is 37.3 Å². The average molecular weight is 431 g/mol. The number of nitrogens with zero attached hydrogens (tertiary/aromatic N) is 5. The number of amides is 1. The Morgan fingerprint density at radius 1 is 1.00 bits per heavy atom. The molecule has 7 heteroatoms. The van der Waals surface area contributed by atoms with Gasteiger partial charge in [0.1, 0.15) is 5.52 Å². The minimum atomic E-state index is 0.0173. The lowest BCUT2D eigenvalue weighted by molar-refractivity contribution is -0.126. The lowest BCUT2D eigenvalue weighted by atomic mass is 9.95. The molecule has 1 aromatic carbocycles. The van der Waals surface area contributed by atoms with E-state index in [1.165, 1.54) is 5.56 Å². The van der Waals surface area contributed by atoms with Crippen LogP contribution in [0, 0.1) is 5.92 Å². The maximum absolute atomic E-state index is 13.0. The number of piperidine rings is 2. The summed E-state index contributed by atoms with van der Waals surface area (Å²) in [4.78, 5) is 30.8. The maximum atomic E-state index is 13.0. The van der Waals surface area contributed by atoms with Crippen LogP contribution in [-0.4, -0.2) is 58.0 Å². The largest absolute Gasteiger partial charge is 0.369 e. The number of fused-ring (bicyclic) bond motifs is 1. The molecule has 3 aromatic rings. The Morgan fingerprint density at radius 2 is 1.81 bits per heavy atom. The Hall–Kier alpha value is -3.06. The highest BCUT2D eigenvalue weighted by atomic mass is 16.2. The molecule has 2 fully saturated rings. The molecule has 0 spiro atoms.